The molecule has 1 rings (SSSR count). The summed E-state index contributed by atoms with van der Waals surface area (Å²) in [5.41, 5.74) is 0.613. The third-order valence-corrected chi connectivity index (χ3v) is 2.06. The largest absolute Gasteiger partial charge is 0.380 e. The molecule has 0 heterocycles. The summed E-state index contributed by atoms with van der Waals surface area (Å²) in [6.45, 7) is 1.67. The summed E-state index contributed by atoms with van der Waals surface area (Å²) in [7, 11) is -4.01. The SMILES string of the molecule is Cc1cccc(Cl)c1OS(N)(=O)=O. The van der Waals surface area contributed by atoms with Gasteiger partial charge in [0.05, 0.1) is 5.02 Å². The molecule has 0 aliphatic rings. The summed E-state index contributed by atoms with van der Waals surface area (Å²) in [4.78, 5) is 0. The van der Waals surface area contributed by atoms with Crippen molar-refractivity contribution in [2.75, 3.05) is 0 Å². The predicted molar refractivity (Wildman–Crippen MR) is 49.9 cm³/mol. The third-order valence-electron chi connectivity index (χ3n) is 1.36. The molecule has 0 fully saturated rings. The van der Waals surface area contributed by atoms with Crippen LogP contribution in [0.25, 0.3) is 0 Å². The first-order chi connectivity index (χ1) is 5.90. The maximum atomic E-state index is 10.6. The molecule has 0 bridgehead atoms. The molecule has 0 unspecified atom stereocenters. The monoisotopic (exact) mass is 221 g/mol. The minimum atomic E-state index is -4.01. The van der Waals surface area contributed by atoms with Crippen LogP contribution in [0.5, 0.6) is 5.75 Å². The predicted octanol–water partition coefficient (Wildman–Crippen LogP) is 1.23. The van der Waals surface area contributed by atoms with Crippen LogP contribution >= 0.6 is 11.6 Å². The van der Waals surface area contributed by atoms with Crippen LogP contribution in [0, 0.1) is 6.92 Å². The molecular weight excluding hydrogens is 214 g/mol. The van der Waals surface area contributed by atoms with Gasteiger partial charge in [0.15, 0.2) is 5.75 Å². The molecule has 1 aromatic carbocycles. The van der Waals surface area contributed by atoms with Gasteiger partial charge in [0, 0.05) is 0 Å². The average Bonchev–Trinajstić information content (AvgIpc) is 1.95. The third kappa shape index (κ3) is 2.87. The fraction of sp³-hybridized carbons (Fsp3) is 0.143. The highest BCUT2D eigenvalue weighted by Crippen LogP contribution is 2.28. The Morgan fingerprint density at radius 1 is 1.46 bits per heavy atom. The van der Waals surface area contributed by atoms with E-state index in [0.29, 0.717) is 5.56 Å². The summed E-state index contributed by atoms with van der Waals surface area (Å²) in [5, 5.41) is 4.91. The summed E-state index contributed by atoms with van der Waals surface area (Å²) in [5.74, 6) is 0.0756. The second-order valence-corrected chi connectivity index (χ2v) is 4.02. The lowest BCUT2D eigenvalue weighted by Crippen LogP contribution is -2.19. The maximum absolute atomic E-state index is 10.6. The summed E-state index contributed by atoms with van der Waals surface area (Å²) >= 11 is 5.69. The number of hydrogen-bond acceptors (Lipinski definition) is 3. The molecule has 0 aromatic heterocycles. The number of para-hydroxylation sites is 1. The van der Waals surface area contributed by atoms with Crippen LogP contribution in [0.4, 0.5) is 0 Å². The Hall–Kier alpha value is -0.780. The molecule has 13 heavy (non-hydrogen) atoms. The fourth-order valence-corrected chi connectivity index (χ4v) is 1.60. The van der Waals surface area contributed by atoms with Crippen molar-refractivity contribution in [1.82, 2.24) is 0 Å². The van der Waals surface area contributed by atoms with Crippen LogP contribution in [0.2, 0.25) is 5.02 Å². The van der Waals surface area contributed by atoms with Gasteiger partial charge in [-0.3, -0.25) is 0 Å². The minimum Gasteiger partial charge on any atom is -0.369 e. The molecule has 0 amide bonds. The Kier molecular flexibility index (Phi) is 2.80. The Morgan fingerprint density at radius 3 is 2.54 bits per heavy atom. The zero-order chi connectivity index (χ0) is 10.1. The minimum absolute atomic E-state index is 0.0756. The van der Waals surface area contributed by atoms with Crippen LogP contribution in [-0.2, 0) is 10.3 Å². The van der Waals surface area contributed by atoms with Crippen molar-refractivity contribution in [3.63, 3.8) is 0 Å². The molecule has 0 spiro atoms. The van der Waals surface area contributed by atoms with Gasteiger partial charge < -0.3 is 4.18 Å². The van der Waals surface area contributed by atoms with E-state index in [9.17, 15) is 8.42 Å². The van der Waals surface area contributed by atoms with Crippen molar-refractivity contribution in [2.45, 2.75) is 6.92 Å². The van der Waals surface area contributed by atoms with Crippen molar-refractivity contribution in [3.05, 3.63) is 28.8 Å². The van der Waals surface area contributed by atoms with E-state index in [1.54, 1.807) is 19.1 Å². The smallest absolute Gasteiger partial charge is 0.369 e. The first-order valence-corrected chi connectivity index (χ1v) is 5.22. The Morgan fingerprint density at radius 2 is 2.08 bits per heavy atom. The Labute approximate surface area is 81.5 Å². The molecule has 4 nitrogen and oxygen atoms in total. The fourth-order valence-electron chi connectivity index (χ4n) is 0.838. The zero-order valence-electron chi connectivity index (χ0n) is 6.82. The number of rotatable bonds is 2. The van der Waals surface area contributed by atoms with E-state index in [1.807, 2.05) is 0 Å². The van der Waals surface area contributed by atoms with E-state index in [4.69, 9.17) is 16.7 Å². The van der Waals surface area contributed by atoms with Crippen LogP contribution in [-0.4, -0.2) is 8.42 Å². The number of benzene rings is 1. The molecule has 0 aliphatic heterocycles. The lowest BCUT2D eigenvalue weighted by atomic mass is 10.2. The van der Waals surface area contributed by atoms with Gasteiger partial charge in [-0.25, -0.2) is 0 Å². The van der Waals surface area contributed by atoms with Gasteiger partial charge in [0.1, 0.15) is 0 Å². The van der Waals surface area contributed by atoms with Gasteiger partial charge >= 0.3 is 10.3 Å². The lowest BCUT2D eigenvalue weighted by Gasteiger charge is -2.06. The standard InChI is InChI=1S/C7H8ClNO3S/c1-5-3-2-4-6(8)7(5)12-13(9,10)11/h2-4H,1H3,(H2,9,10,11). The normalized spacial score (nSPS) is 11.3. The van der Waals surface area contributed by atoms with Crippen molar-refractivity contribution in [1.29, 1.82) is 0 Å². The molecule has 72 valence electrons. The molecule has 6 heteroatoms. The molecule has 0 atom stereocenters. The lowest BCUT2D eigenvalue weighted by molar-refractivity contribution is 0.486. The van der Waals surface area contributed by atoms with Gasteiger partial charge in [0.25, 0.3) is 0 Å². The van der Waals surface area contributed by atoms with Crippen LogP contribution in [0.1, 0.15) is 5.56 Å². The van der Waals surface area contributed by atoms with Crippen LogP contribution < -0.4 is 9.32 Å². The molecule has 1 aromatic rings. The van der Waals surface area contributed by atoms with Crippen molar-refractivity contribution >= 4 is 21.9 Å². The van der Waals surface area contributed by atoms with Crippen LogP contribution in [0.15, 0.2) is 18.2 Å². The Balaban J connectivity index is 3.15. The maximum Gasteiger partial charge on any atom is 0.380 e. The van der Waals surface area contributed by atoms with Crippen molar-refractivity contribution < 1.29 is 12.6 Å². The Bertz CT molecular complexity index is 395. The van der Waals surface area contributed by atoms with Crippen molar-refractivity contribution in [3.8, 4) is 5.75 Å². The van der Waals surface area contributed by atoms with E-state index < -0.39 is 10.3 Å². The summed E-state index contributed by atoms with van der Waals surface area (Å²) < 4.78 is 25.7. The number of hydrogen-bond donors (Lipinski definition) is 1. The highest BCUT2D eigenvalue weighted by Gasteiger charge is 2.11. The highest BCUT2D eigenvalue weighted by atomic mass is 35.5. The van der Waals surface area contributed by atoms with E-state index in [1.165, 1.54) is 6.07 Å². The van der Waals surface area contributed by atoms with Crippen LogP contribution in [0.3, 0.4) is 0 Å². The van der Waals surface area contributed by atoms with E-state index in [2.05, 4.69) is 4.18 Å². The first kappa shape index (κ1) is 10.3. The highest BCUT2D eigenvalue weighted by molar-refractivity contribution is 7.84. The molecule has 2 N–H and O–H groups in total. The van der Waals surface area contributed by atoms with Gasteiger partial charge in [-0.05, 0) is 18.6 Å². The average molecular weight is 222 g/mol. The topological polar surface area (TPSA) is 69.4 Å². The van der Waals surface area contributed by atoms with Gasteiger partial charge in [0.2, 0.25) is 0 Å². The number of aryl methyl sites for hydroxylation is 1. The zero-order valence-corrected chi connectivity index (χ0v) is 8.39. The van der Waals surface area contributed by atoms with Gasteiger partial charge in [-0.15, -0.1) is 0 Å². The molecule has 0 radical (unpaired) electrons. The summed E-state index contributed by atoms with van der Waals surface area (Å²) in [6.07, 6.45) is 0. The van der Waals surface area contributed by atoms with Gasteiger partial charge in [-0.2, -0.15) is 13.6 Å². The summed E-state index contributed by atoms with van der Waals surface area (Å²) in [6, 6.07) is 4.88. The van der Waals surface area contributed by atoms with E-state index in [0.717, 1.165) is 0 Å². The molecule has 0 aliphatic carbocycles. The molecule has 0 saturated heterocycles. The van der Waals surface area contributed by atoms with Gasteiger partial charge in [-0.1, -0.05) is 23.7 Å². The number of halogens is 1. The molecular formula is C7H8ClNO3S. The first-order valence-electron chi connectivity index (χ1n) is 3.37. The van der Waals surface area contributed by atoms with E-state index in [-0.39, 0.29) is 10.8 Å². The number of nitrogens with two attached hydrogens (primary N) is 1. The quantitative estimate of drug-likeness (QED) is 0.817. The van der Waals surface area contributed by atoms with Crippen molar-refractivity contribution in [2.24, 2.45) is 5.14 Å². The molecule has 0 saturated carbocycles. The van der Waals surface area contributed by atoms with E-state index >= 15 is 0 Å². The second-order valence-electron chi connectivity index (χ2n) is 2.46. The second kappa shape index (κ2) is 3.53.